The summed E-state index contributed by atoms with van der Waals surface area (Å²) in [7, 11) is 1.40. The Morgan fingerprint density at radius 3 is 2.74 bits per heavy atom. The molecule has 7 heteroatoms. The molecule has 0 unspecified atom stereocenters. The maximum atomic E-state index is 11.6. The summed E-state index contributed by atoms with van der Waals surface area (Å²) >= 11 is 3.05. The number of rotatable bonds is 2. The summed E-state index contributed by atoms with van der Waals surface area (Å²) < 4.78 is 11.2. The molecule has 1 saturated heterocycles. The van der Waals surface area contributed by atoms with Crippen molar-refractivity contribution in [1.82, 2.24) is 4.98 Å². The van der Waals surface area contributed by atoms with Crippen molar-refractivity contribution in [2.24, 2.45) is 0 Å². The molecular weight excluding hydrogens is 284 g/mol. The Balaban J connectivity index is 1.96. The molecule has 19 heavy (non-hydrogen) atoms. The number of morpholine rings is 1. The van der Waals surface area contributed by atoms with Crippen LogP contribution in [0.15, 0.2) is 0 Å². The second kappa shape index (κ2) is 5.07. The van der Waals surface area contributed by atoms with Crippen LogP contribution < -0.4 is 4.90 Å². The van der Waals surface area contributed by atoms with Gasteiger partial charge in [0.05, 0.1) is 25.0 Å². The van der Waals surface area contributed by atoms with E-state index in [0.29, 0.717) is 4.88 Å². The van der Waals surface area contributed by atoms with E-state index in [4.69, 9.17) is 9.47 Å². The van der Waals surface area contributed by atoms with Gasteiger partial charge in [-0.1, -0.05) is 11.3 Å². The predicted molar refractivity (Wildman–Crippen MR) is 76.6 cm³/mol. The van der Waals surface area contributed by atoms with Crippen molar-refractivity contribution in [2.45, 2.75) is 6.92 Å². The van der Waals surface area contributed by atoms with Crippen molar-refractivity contribution in [3.05, 3.63) is 10.4 Å². The normalized spacial score (nSPS) is 16.0. The van der Waals surface area contributed by atoms with Crippen LogP contribution in [-0.4, -0.2) is 44.4 Å². The number of hydrogen-bond donors (Lipinski definition) is 0. The summed E-state index contributed by atoms with van der Waals surface area (Å²) in [5, 5.41) is 1.02. The van der Waals surface area contributed by atoms with Gasteiger partial charge in [-0.2, -0.15) is 0 Å². The molecule has 2 aromatic rings. The van der Waals surface area contributed by atoms with Gasteiger partial charge in [-0.05, 0) is 12.5 Å². The number of ether oxygens (including phenoxy) is 2. The van der Waals surface area contributed by atoms with Crippen molar-refractivity contribution >= 4 is 43.3 Å². The first-order valence-corrected chi connectivity index (χ1v) is 7.65. The SMILES string of the molecule is COC(=O)c1sc2nc(N3CCOCC3)sc2c1C. The lowest BCUT2D eigenvalue weighted by Gasteiger charge is -2.25. The number of nitrogens with zero attached hydrogens (tertiary/aromatic N) is 2. The van der Waals surface area contributed by atoms with Gasteiger partial charge < -0.3 is 14.4 Å². The molecule has 3 rings (SSSR count). The second-order valence-corrected chi connectivity index (χ2v) is 6.25. The monoisotopic (exact) mass is 298 g/mol. The van der Waals surface area contributed by atoms with E-state index in [1.165, 1.54) is 18.4 Å². The quantitative estimate of drug-likeness (QED) is 0.796. The lowest BCUT2D eigenvalue weighted by atomic mass is 10.3. The van der Waals surface area contributed by atoms with E-state index >= 15 is 0 Å². The van der Waals surface area contributed by atoms with Crippen molar-refractivity contribution < 1.29 is 14.3 Å². The zero-order valence-electron chi connectivity index (χ0n) is 10.8. The third kappa shape index (κ3) is 2.22. The summed E-state index contributed by atoms with van der Waals surface area (Å²) in [6, 6.07) is 0. The number of carbonyl (C=O) groups is 1. The van der Waals surface area contributed by atoms with Gasteiger partial charge in [0, 0.05) is 13.1 Å². The fourth-order valence-electron chi connectivity index (χ4n) is 2.06. The highest BCUT2D eigenvalue weighted by atomic mass is 32.1. The van der Waals surface area contributed by atoms with Gasteiger partial charge in [-0.25, -0.2) is 9.78 Å². The molecule has 102 valence electrons. The van der Waals surface area contributed by atoms with Crippen LogP contribution in [0.25, 0.3) is 9.53 Å². The molecule has 0 aliphatic carbocycles. The fourth-order valence-corrected chi connectivity index (χ4v) is 4.44. The topological polar surface area (TPSA) is 51.7 Å². The van der Waals surface area contributed by atoms with Gasteiger partial charge in [0.1, 0.15) is 9.71 Å². The number of esters is 1. The van der Waals surface area contributed by atoms with Gasteiger partial charge in [0.2, 0.25) is 0 Å². The van der Waals surface area contributed by atoms with Crippen LogP contribution in [0.2, 0.25) is 0 Å². The van der Waals surface area contributed by atoms with E-state index in [-0.39, 0.29) is 5.97 Å². The number of aromatic nitrogens is 1. The summed E-state index contributed by atoms with van der Waals surface area (Å²) in [6.45, 7) is 5.21. The average Bonchev–Trinajstić information content (AvgIpc) is 2.99. The number of thiazole rings is 1. The maximum absolute atomic E-state index is 11.6. The Kier molecular flexibility index (Phi) is 3.42. The van der Waals surface area contributed by atoms with Gasteiger partial charge >= 0.3 is 5.97 Å². The Morgan fingerprint density at radius 1 is 1.37 bits per heavy atom. The standard InChI is InChI=1S/C12H14N2O3S2/c1-7-8-10(18-9(7)11(15)16-2)13-12(19-8)14-3-5-17-6-4-14/h3-6H2,1-2H3. The van der Waals surface area contributed by atoms with Crippen LogP contribution in [-0.2, 0) is 9.47 Å². The van der Waals surface area contributed by atoms with E-state index < -0.39 is 0 Å². The van der Waals surface area contributed by atoms with E-state index in [1.807, 2.05) is 6.92 Å². The molecule has 2 aromatic heterocycles. The third-order valence-corrected chi connectivity index (χ3v) is 5.65. The van der Waals surface area contributed by atoms with Gasteiger partial charge in [-0.3, -0.25) is 0 Å². The van der Waals surface area contributed by atoms with Crippen LogP contribution in [0.1, 0.15) is 15.2 Å². The summed E-state index contributed by atoms with van der Waals surface area (Å²) in [5.74, 6) is -0.277. The highest BCUT2D eigenvalue weighted by Gasteiger charge is 2.22. The molecule has 0 amide bonds. The van der Waals surface area contributed by atoms with Crippen LogP contribution in [0.4, 0.5) is 5.13 Å². The summed E-state index contributed by atoms with van der Waals surface area (Å²) in [4.78, 5) is 20.1. The molecule has 0 atom stereocenters. The molecule has 3 heterocycles. The molecule has 0 saturated carbocycles. The lowest BCUT2D eigenvalue weighted by molar-refractivity contribution is 0.0605. The fraction of sp³-hybridized carbons (Fsp3) is 0.500. The smallest absolute Gasteiger partial charge is 0.348 e. The largest absolute Gasteiger partial charge is 0.465 e. The number of thiophene rings is 1. The first kappa shape index (κ1) is 12.8. The van der Waals surface area contributed by atoms with E-state index in [0.717, 1.165) is 46.5 Å². The minimum atomic E-state index is -0.277. The highest BCUT2D eigenvalue weighted by molar-refractivity contribution is 7.30. The number of fused-ring (bicyclic) bond motifs is 1. The zero-order chi connectivity index (χ0) is 13.4. The number of aryl methyl sites for hydroxylation is 1. The average molecular weight is 298 g/mol. The molecule has 1 fully saturated rings. The van der Waals surface area contributed by atoms with E-state index in [1.54, 1.807) is 11.3 Å². The molecule has 1 aliphatic rings. The van der Waals surface area contributed by atoms with Crippen molar-refractivity contribution in [1.29, 1.82) is 0 Å². The van der Waals surface area contributed by atoms with Crippen molar-refractivity contribution in [3.8, 4) is 0 Å². The van der Waals surface area contributed by atoms with Crippen LogP contribution in [0.3, 0.4) is 0 Å². The molecule has 1 aliphatic heterocycles. The minimum absolute atomic E-state index is 0.277. The minimum Gasteiger partial charge on any atom is -0.465 e. The Morgan fingerprint density at radius 2 is 2.11 bits per heavy atom. The number of carbonyl (C=O) groups excluding carboxylic acids is 1. The molecule has 0 N–H and O–H groups in total. The molecule has 0 bridgehead atoms. The Labute approximate surface area is 118 Å². The lowest BCUT2D eigenvalue weighted by Crippen LogP contribution is -2.36. The maximum Gasteiger partial charge on any atom is 0.348 e. The van der Waals surface area contributed by atoms with Gasteiger partial charge in [-0.15, -0.1) is 11.3 Å². The number of hydrogen-bond acceptors (Lipinski definition) is 7. The van der Waals surface area contributed by atoms with E-state index in [2.05, 4.69) is 9.88 Å². The summed E-state index contributed by atoms with van der Waals surface area (Å²) in [5.41, 5.74) is 0.976. The number of anilines is 1. The van der Waals surface area contributed by atoms with Gasteiger partial charge in [0.25, 0.3) is 0 Å². The molecule has 0 spiro atoms. The van der Waals surface area contributed by atoms with Crippen LogP contribution >= 0.6 is 22.7 Å². The first-order valence-electron chi connectivity index (χ1n) is 6.01. The van der Waals surface area contributed by atoms with Crippen LogP contribution in [0.5, 0.6) is 0 Å². The van der Waals surface area contributed by atoms with Crippen LogP contribution in [0, 0.1) is 6.92 Å². The molecule has 0 radical (unpaired) electrons. The molecule has 5 nitrogen and oxygen atoms in total. The van der Waals surface area contributed by atoms with Crippen molar-refractivity contribution in [2.75, 3.05) is 38.3 Å². The predicted octanol–water partition coefficient (Wildman–Crippen LogP) is 2.29. The molecule has 0 aromatic carbocycles. The summed E-state index contributed by atoms with van der Waals surface area (Å²) in [6.07, 6.45) is 0. The third-order valence-electron chi connectivity index (χ3n) is 3.12. The Bertz CT molecular complexity index is 614. The number of methoxy groups -OCH3 is 1. The van der Waals surface area contributed by atoms with E-state index in [9.17, 15) is 4.79 Å². The van der Waals surface area contributed by atoms with Crippen molar-refractivity contribution in [3.63, 3.8) is 0 Å². The highest BCUT2D eigenvalue weighted by Crippen LogP contribution is 2.38. The first-order chi connectivity index (χ1) is 9.20. The second-order valence-electron chi connectivity index (χ2n) is 4.28. The zero-order valence-corrected chi connectivity index (χ0v) is 12.4. The Hall–Kier alpha value is -1.18. The molecular formula is C12H14N2O3S2. The van der Waals surface area contributed by atoms with Gasteiger partial charge in [0.15, 0.2) is 5.13 Å².